The Labute approximate surface area is 145 Å². The summed E-state index contributed by atoms with van der Waals surface area (Å²) in [5.74, 6) is 0.0591. The lowest BCUT2D eigenvalue weighted by Gasteiger charge is -2.34. The van der Waals surface area contributed by atoms with Crippen LogP contribution in [0.1, 0.15) is 30.4 Å². The molecule has 1 fully saturated rings. The molecule has 24 heavy (non-hydrogen) atoms. The van der Waals surface area contributed by atoms with Crippen LogP contribution in [0.2, 0.25) is 0 Å². The molecule has 1 aliphatic rings. The molecule has 1 saturated heterocycles. The molecule has 1 N–H and O–H groups in total. The largest absolute Gasteiger partial charge is 0.324 e. The number of halogens is 1. The molecule has 1 aromatic rings. The van der Waals surface area contributed by atoms with E-state index in [1.165, 1.54) is 0 Å². The van der Waals surface area contributed by atoms with E-state index < -0.39 is 0 Å². The maximum Gasteiger partial charge on any atom is 0.238 e. The second kappa shape index (κ2) is 9.74. The van der Waals surface area contributed by atoms with Gasteiger partial charge >= 0.3 is 0 Å². The number of aryl methyl sites for hydroxylation is 2. The van der Waals surface area contributed by atoms with Crippen molar-refractivity contribution in [2.45, 2.75) is 33.1 Å². The molecular formula is C19H30FN3O. The number of unbranched alkanes of at least 4 members (excludes halogenated alkanes) is 2. The molecule has 0 atom stereocenters. The Bertz CT molecular complexity index is 507. The summed E-state index contributed by atoms with van der Waals surface area (Å²) in [4.78, 5) is 16.9. The normalized spacial score (nSPS) is 16.3. The number of rotatable bonds is 8. The van der Waals surface area contributed by atoms with E-state index in [1.807, 2.05) is 32.0 Å². The second-order valence-electron chi connectivity index (χ2n) is 6.68. The highest BCUT2D eigenvalue weighted by molar-refractivity contribution is 5.93. The number of piperazine rings is 1. The van der Waals surface area contributed by atoms with Crippen molar-refractivity contribution in [3.8, 4) is 0 Å². The van der Waals surface area contributed by atoms with E-state index in [4.69, 9.17) is 0 Å². The van der Waals surface area contributed by atoms with Crippen LogP contribution in [-0.2, 0) is 4.79 Å². The average molecular weight is 335 g/mol. The molecule has 0 unspecified atom stereocenters. The number of alkyl halides is 1. The minimum atomic E-state index is -0.205. The Morgan fingerprint density at radius 1 is 1.04 bits per heavy atom. The van der Waals surface area contributed by atoms with E-state index in [0.29, 0.717) is 13.0 Å². The summed E-state index contributed by atoms with van der Waals surface area (Å²) in [6, 6.07) is 6.04. The van der Waals surface area contributed by atoms with Gasteiger partial charge in [0.2, 0.25) is 5.91 Å². The zero-order chi connectivity index (χ0) is 17.4. The second-order valence-corrected chi connectivity index (χ2v) is 6.68. The molecule has 5 heteroatoms. The van der Waals surface area contributed by atoms with Gasteiger partial charge in [0.15, 0.2) is 0 Å². The van der Waals surface area contributed by atoms with Gasteiger partial charge in [-0.25, -0.2) is 0 Å². The first-order valence-corrected chi connectivity index (χ1v) is 8.97. The van der Waals surface area contributed by atoms with Crippen molar-refractivity contribution in [1.82, 2.24) is 9.80 Å². The highest BCUT2D eigenvalue weighted by Crippen LogP contribution is 2.19. The molecule has 0 aromatic heterocycles. The van der Waals surface area contributed by atoms with Crippen LogP contribution in [0.25, 0.3) is 0 Å². The maximum atomic E-state index is 12.3. The van der Waals surface area contributed by atoms with E-state index in [9.17, 15) is 9.18 Å². The fourth-order valence-corrected chi connectivity index (χ4v) is 3.17. The lowest BCUT2D eigenvalue weighted by Crippen LogP contribution is -2.48. The van der Waals surface area contributed by atoms with Gasteiger partial charge in [-0.3, -0.25) is 14.1 Å². The molecule has 0 aliphatic carbocycles. The summed E-state index contributed by atoms with van der Waals surface area (Å²) >= 11 is 0. The molecule has 0 radical (unpaired) electrons. The van der Waals surface area contributed by atoms with Crippen LogP contribution in [0.3, 0.4) is 0 Å². The molecule has 4 nitrogen and oxygen atoms in total. The fourth-order valence-electron chi connectivity index (χ4n) is 3.17. The van der Waals surface area contributed by atoms with Crippen molar-refractivity contribution in [2.24, 2.45) is 0 Å². The van der Waals surface area contributed by atoms with Gasteiger partial charge in [-0.05, 0) is 50.8 Å². The highest BCUT2D eigenvalue weighted by Gasteiger charge is 2.19. The van der Waals surface area contributed by atoms with E-state index in [0.717, 1.165) is 62.4 Å². The minimum Gasteiger partial charge on any atom is -0.324 e. The van der Waals surface area contributed by atoms with E-state index in [2.05, 4.69) is 15.1 Å². The molecule has 0 bridgehead atoms. The topological polar surface area (TPSA) is 35.6 Å². The number of amides is 1. The number of nitrogens with zero attached hydrogens (tertiary/aromatic N) is 2. The lowest BCUT2D eigenvalue weighted by molar-refractivity contribution is -0.117. The summed E-state index contributed by atoms with van der Waals surface area (Å²) < 4.78 is 12.1. The van der Waals surface area contributed by atoms with Gasteiger partial charge in [0.05, 0.1) is 13.2 Å². The third-order valence-electron chi connectivity index (χ3n) is 4.69. The number of carbonyl (C=O) groups excluding carboxylic acids is 1. The van der Waals surface area contributed by atoms with Crippen LogP contribution < -0.4 is 5.32 Å². The molecule has 1 heterocycles. The first kappa shape index (κ1) is 18.9. The number of nitrogens with one attached hydrogen (secondary N) is 1. The molecule has 134 valence electrons. The smallest absolute Gasteiger partial charge is 0.238 e. The van der Waals surface area contributed by atoms with E-state index in [-0.39, 0.29) is 12.6 Å². The quantitative estimate of drug-likeness (QED) is 0.742. The van der Waals surface area contributed by atoms with Crippen molar-refractivity contribution in [1.29, 1.82) is 0 Å². The van der Waals surface area contributed by atoms with Crippen LogP contribution in [0.4, 0.5) is 10.1 Å². The molecule has 1 aliphatic heterocycles. The van der Waals surface area contributed by atoms with Crippen LogP contribution >= 0.6 is 0 Å². The van der Waals surface area contributed by atoms with Gasteiger partial charge in [0.1, 0.15) is 0 Å². The number of hydrogen-bond acceptors (Lipinski definition) is 3. The maximum absolute atomic E-state index is 12.3. The number of hydrogen-bond donors (Lipinski definition) is 1. The number of benzene rings is 1. The Morgan fingerprint density at radius 3 is 2.29 bits per heavy atom. The molecule has 0 spiro atoms. The average Bonchev–Trinajstić information content (AvgIpc) is 2.57. The van der Waals surface area contributed by atoms with Crippen molar-refractivity contribution < 1.29 is 9.18 Å². The third kappa shape index (κ3) is 5.87. The summed E-state index contributed by atoms with van der Waals surface area (Å²) in [5.41, 5.74) is 3.14. The Hall–Kier alpha value is -1.46. The Balaban J connectivity index is 1.71. The van der Waals surface area contributed by atoms with Gasteiger partial charge in [0.25, 0.3) is 0 Å². The zero-order valence-electron chi connectivity index (χ0n) is 15.0. The number of carbonyl (C=O) groups is 1. The molecule has 2 rings (SSSR count). The fraction of sp³-hybridized carbons (Fsp3) is 0.632. The zero-order valence-corrected chi connectivity index (χ0v) is 15.0. The summed E-state index contributed by atoms with van der Waals surface area (Å²) in [5, 5.41) is 3.06. The SMILES string of the molecule is Cc1cccc(C)c1NC(=O)CN1CCN(CCCCCF)CC1. The van der Waals surface area contributed by atoms with Gasteiger partial charge in [-0.1, -0.05) is 18.2 Å². The Kier molecular flexibility index (Phi) is 7.66. The van der Waals surface area contributed by atoms with Crippen molar-refractivity contribution in [2.75, 3.05) is 51.3 Å². The van der Waals surface area contributed by atoms with Crippen LogP contribution in [0.5, 0.6) is 0 Å². The summed E-state index contributed by atoms with van der Waals surface area (Å²) in [6.45, 7) is 9.15. The van der Waals surface area contributed by atoms with Gasteiger partial charge < -0.3 is 10.2 Å². The first-order chi connectivity index (χ1) is 11.6. The van der Waals surface area contributed by atoms with Crippen LogP contribution in [0.15, 0.2) is 18.2 Å². The summed E-state index contributed by atoms with van der Waals surface area (Å²) in [6.07, 6.45) is 2.71. The van der Waals surface area contributed by atoms with Gasteiger partial charge in [-0.2, -0.15) is 0 Å². The number of anilines is 1. The van der Waals surface area contributed by atoms with E-state index >= 15 is 0 Å². The molecular weight excluding hydrogens is 305 g/mol. The lowest BCUT2D eigenvalue weighted by atomic mass is 10.1. The van der Waals surface area contributed by atoms with Crippen molar-refractivity contribution in [3.05, 3.63) is 29.3 Å². The predicted octanol–water partition coefficient (Wildman–Crippen LogP) is 3.00. The predicted molar refractivity (Wildman–Crippen MR) is 97.3 cm³/mol. The Morgan fingerprint density at radius 2 is 1.67 bits per heavy atom. The molecule has 1 aromatic carbocycles. The highest BCUT2D eigenvalue weighted by atomic mass is 19.1. The van der Waals surface area contributed by atoms with Gasteiger partial charge in [0, 0.05) is 31.9 Å². The van der Waals surface area contributed by atoms with Crippen LogP contribution in [0, 0.1) is 13.8 Å². The summed E-state index contributed by atoms with van der Waals surface area (Å²) in [7, 11) is 0. The van der Waals surface area contributed by atoms with Crippen molar-refractivity contribution >= 4 is 11.6 Å². The monoisotopic (exact) mass is 335 g/mol. The molecule has 1 amide bonds. The third-order valence-corrected chi connectivity index (χ3v) is 4.69. The standard InChI is InChI=1S/C19H30FN3O/c1-16-7-6-8-17(2)19(16)21-18(24)15-23-13-11-22(12-14-23)10-5-3-4-9-20/h6-8H,3-5,9-15H2,1-2H3,(H,21,24). The number of para-hydroxylation sites is 1. The first-order valence-electron chi connectivity index (χ1n) is 8.97. The van der Waals surface area contributed by atoms with Gasteiger partial charge in [-0.15, -0.1) is 0 Å². The molecule has 0 saturated carbocycles. The van der Waals surface area contributed by atoms with E-state index in [1.54, 1.807) is 0 Å². The van der Waals surface area contributed by atoms with Crippen LogP contribution in [-0.4, -0.2) is 61.7 Å². The van der Waals surface area contributed by atoms with Crippen molar-refractivity contribution in [3.63, 3.8) is 0 Å². The minimum absolute atomic E-state index is 0.0591.